The van der Waals surface area contributed by atoms with Gasteiger partial charge in [0.25, 0.3) is 5.91 Å². The molecule has 0 aromatic carbocycles. The molecule has 1 unspecified atom stereocenters. The van der Waals surface area contributed by atoms with Gasteiger partial charge in [-0.25, -0.2) is 9.97 Å². The summed E-state index contributed by atoms with van der Waals surface area (Å²) in [6.45, 7) is 6.72. The second-order valence-corrected chi connectivity index (χ2v) is 5.88. The number of fused-ring (bicyclic) bond motifs is 1. The van der Waals surface area contributed by atoms with Crippen molar-refractivity contribution in [3.8, 4) is 0 Å². The van der Waals surface area contributed by atoms with Crippen molar-refractivity contribution in [1.82, 2.24) is 19.9 Å². The van der Waals surface area contributed by atoms with E-state index in [9.17, 15) is 4.79 Å². The lowest BCUT2D eigenvalue weighted by atomic mass is 10.1. The maximum atomic E-state index is 12.4. The number of oxazole rings is 1. The summed E-state index contributed by atoms with van der Waals surface area (Å²) in [6, 6.07) is 0.107. The van der Waals surface area contributed by atoms with E-state index in [0.29, 0.717) is 11.5 Å². The molecular weight excluding hydrogens is 268 g/mol. The molecule has 1 aliphatic heterocycles. The highest BCUT2D eigenvalue weighted by Crippen LogP contribution is 2.19. The van der Waals surface area contributed by atoms with Crippen molar-refractivity contribution < 1.29 is 9.21 Å². The van der Waals surface area contributed by atoms with Crippen LogP contribution >= 0.6 is 0 Å². The lowest BCUT2D eigenvalue weighted by Gasteiger charge is -2.24. The van der Waals surface area contributed by atoms with Gasteiger partial charge in [-0.2, -0.15) is 0 Å². The highest BCUT2D eigenvalue weighted by Gasteiger charge is 2.25. The van der Waals surface area contributed by atoms with Crippen molar-refractivity contribution in [2.24, 2.45) is 0 Å². The number of hydrogen-bond acceptors (Lipinski definition) is 4. The molecule has 6 nitrogen and oxygen atoms in total. The third-order valence-electron chi connectivity index (χ3n) is 3.78. The quantitative estimate of drug-likeness (QED) is 0.938. The van der Waals surface area contributed by atoms with Crippen LogP contribution in [-0.4, -0.2) is 26.5 Å². The van der Waals surface area contributed by atoms with E-state index < -0.39 is 0 Å². The predicted molar refractivity (Wildman–Crippen MR) is 77.1 cm³/mol. The van der Waals surface area contributed by atoms with Gasteiger partial charge in [0.05, 0.1) is 5.69 Å². The summed E-state index contributed by atoms with van der Waals surface area (Å²) in [7, 11) is 0. The van der Waals surface area contributed by atoms with Crippen LogP contribution in [0, 0.1) is 6.92 Å². The van der Waals surface area contributed by atoms with Gasteiger partial charge >= 0.3 is 0 Å². The number of aromatic nitrogens is 3. The standard InChI is InChI=1S/C15H20N4O2/c1-9(2)14-13(16-8-21-14)15(20)18-11-4-5-12-17-10(3)6-19(12)7-11/h6,8-9,11H,4-5,7H2,1-3H3,(H,18,20). The van der Waals surface area contributed by atoms with Gasteiger partial charge < -0.3 is 14.3 Å². The van der Waals surface area contributed by atoms with Gasteiger partial charge in [-0.05, 0) is 13.3 Å². The third-order valence-corrected chi connectivity index (χ3v) is 3.78. The van der Waals surface area contributed by atoms with E-state index in [0.717, 1.165) is 30.9 Å². The van der Waals surface area contributed by atoms with Crippen LogP contribution in [0.25, 0.3) is 0 Å². The molecule has 0 saturated carbocycles. The average molecular weight is 288 g/mol. The molecule has 0 saturated heterocycles. The van der Waals surface area contributed by atoms with Crippen LogP contribution in [-0.2, 0) is 13.0 Å². The fourth-order valence-corrected chi connectivity index (χ4v) is 2.79. The van der Waals surface area contributed by atoms with E-state index in [1.165, 1.54) is 6.39 Å². The first-order valence-electron chi connectivity index (χ1n) is 7.31. The molecule has 2 aromatic rings. The molecule has 3 rings (SSSR count). The topological polar surface area (TPSA) is 73.0 Å². The van der Waals surface area contributed by atoms with Gasteiger partial charge in [0.1, 0.15) is 11.6 Å². The molecule has 112 valence electrons. The summed E-state index contributed by atoms with van der Waals surface area (Å²) in [5, 5.41) is 3.06. The summed E-state index contributed by atoms with van der Waals surface area (Å²) in [5.41, 5.74) is 1.42. The molecule has 0 bridgehead atoms. The Kier molecular flexibility index (Phi) is 3.53. The molecule has 1 aliphatic rings. The minimum atomic E-state index is -0.155. The molecule has 0 spiro atoms. The minimum absolute atomic E-state index is 0.107. The monoisotopic (exact) mass is 288 g/mol. The van der Waals surface area contributed by atoms with Crippen LogP contribution in [0.4, 0.5) is 0 Å². The molecule has 0 radical (unpaired) electrons. The van der Waals surface area contributed by atoms with Gasteiger partial charge in [0.15, 0.2) is 12.1 Å². The van der Waals surface area contributed by atoms with E-state index in [2.05, 4.69) is 19.9 Å². The highest BCUT2D eigenvalue weighted by atomic mass is 16.3. The summed E-state index contributed by atoms with van der Waals surface area (Å²) >= 11 is 0. The number of rotatable bonds is 3. The molecule has 1 N–H and O–H groups in total. The van der Waals surface area contributed by atoms with Gasteiger partial charge in [-0.15, -0.1) is 0 Å². The molecule has 3 heterocycles. The Labute approximate surface area is 123 Å². The van der Waals surface area contributed by atoms with Gasteiger partial charge in [0.2, 0.25) is 0 Å². The fraction of sp³-hybridized carbons (Fsp3) is 0.533. The summed E-state index contributed by atoms with van der Waals surface area (Å²) in [4.78, 5) is 20.9. The van der Waals surface area contributed by atoms with Gasteiger partial charge in [-0.3, -0.25) is 4.79 Å². The normalized spacial score (nSPS) is 17.8. The molecule has 1 amide bonds. The smallest absolute Gasteiger partial charge is 0.273 e. The average Bonchev–Trinajstić information content (AvgIpc) is 3.03. The van der Waals surface area contributed by atoms with Crippen LogP contribution in [0.5, 0.6) is 0 Å². The Morgan fingerprint density at radius 3 is 3.10 bits per heavy atom. The molecule has 6 heteroatoms. The van der Waals surface area contributed by atoms with Crippen molar-refractivity contribution >= 4 is 5.91 Å². The number of carbonyl (C=O) groups is 1. The maximum absolute atomic E-state index is 12.4. The lowest BCUT2D eigenvalue weighted by Crippen LogP contribution is -2.41. The molecule has 0 aliphatic carbocycles. The minimum Gasteiger partial charge on any atom is -0.447 e. The number of nitrogens with zero attached hydrogens (tertiary/aromatic N) is 3. The van der Waals surface area contributed by atoms with Crippen molar-refractivity contribution in [1.29, 1.82) is 0 Å². The molecule has 21 heavy (non-hydrogen) atoms. The fourth-order valence-electron chi connectivity index (χ4n) is 2.79. The Bertz CT molecular complexity index is 656. The Morgan fingerprint density at radius 1 is 1.52 bits per heavy atom. The van der Waals surface area contributed by atoms with Crippen molar-refractivity contribution in [2.45, 2.75) is 52.1 Å². The second kappa shape index (κ2) is 5.35. The zero-order valence-corrected chi connectivity index (χ0v) is 12.6. The van der Waals surface area contributed by atoms with Crippen LogP contribution in [0.3, 0.4) is 0 Å². The molecule has 2 aromatic heterocycles. The Balaban J connectivity index is 1.70. The van der Waals surface area contributed by atoms with Crippen molar-refractivity contribution in [3.63, 3.8) is 0 Å². The molecular formula is C15H20N4O2. The van der Waals surface area contributed by atoms with Crippen LogP contribution in [0.2, 0.25) is 0 Å². The number of imidazole rings is 1. The number of amides is 1. The summed E-state index contributed by atoms with van der Waals surface area (Å²) < 4.78 is 7.43. The summed E-state index contributed by atoms with van der Waals surface area (Å²) in [6.07, 6.45) is 5.15. The Morgan fingerprint density at radius 2 is 2.33 bits per heavy atom. The predicted octanol–water partition coefficient (Wildman–Crippen LogP) is 2.05. The maximum Gasteiger partial charge on any atom is 0.273 e. The van der Waals surface area contributed by atoms with Crippen LogP contribution < -0.4 is 5.32 Å². The second-order valence-electron chi connectivity index (χ2n) is 5.88. The van der Waals surface area contributed by atoms with Crippen molar-refractivity contribution in [2.75, 3.05) is 0 Å². The number of carbonyl (C=O) groups excluding carboxylic acids is 1. The first-order valence-corrected chi connectivity index (χ1v) is 7.31. The van der Waals surface area contributed by atoms with Gasteiger partial charge in [-0.1, -0.05) is 13.8 Å². The van der Waals surface area contributed by atoms with E-state index in [4.69, 9.17) is 4.42 Å². The zero-order chi connectivity index (χ0) is 15.0. The first kappa shape index (κ1) is 13.9. The lowest BCUT2D eigenvalue weighted by molar-refractivity contribution is 0.0920. The third kappa shape index (κ3) is 2.70. The highest BCUT2D eigenvalue weighted by molar-refractivity contribution is 5.93. The molecule has 0 fully saturated rings. The van der Waals surface area contributed by atoms with E-state index in [-0.39, 0.29) is 17.9 Å². The van der Waals surface area contributed by atoms with E-state index in [1.54, 1.807) is 0 Å². The summed E-state index contributed by atoms with van der Waals surface area (Å²) in [5.74, 6) is 1.73. The van der Waals surface area contributed by atoms with Gasteiger partial charge in [0, 0.05) is 31.1 Å². The number of hydrogen-bond donors (Lipinski definition) is 1. The molecule has 1 atom stereocenters. The zero-order valence-electron chi connectivity index (χ0n) is 12.6. The Hall–Kier alpha value is -2.11. The van der Waals surface area contributed by atoms with E-state index in [1.807, 2.05) is 27.0 Å². The number of nitrogens with one attached hydrogen (secondary N) is 1. The largest absolute Gasteiger partial charge is 0.447 e. The van der Waals surface area contributed by atoms with E-state index >= 15 is 0 Å². The SMILES string of the molecule is Cc1cn2c(n1)CCC(NC(=O)c1ncoc1C(C)C)C2. The first-order chi connectivity index (χ1) is 10.0. The number of aryl methyl sites for hydroxylation is 2. The van der Waals surface area contributed by atoms with Crippen LogP contribution in [0.1, 0.15) is 54.0 Å². The van der Waals surface area contributed by atoms with Crippen LogP contribution in [0.15, 0.2) is 17.0 Å². The van der Waals surface area contributed by atoms with Crippen molar-refractivity contribution in [3.05, 3.63) is 35.6 Å².